The number of carboxylic acid groups (broad SMARTS) is 1. The van der Waals surface area contributed by atoms with E-state index in [-0.39, 0.29) is 22.1 Å². The Morgan fingerprint density at radius 2 is 1.97 bits per heavy atom. The first kappa shape index (κ1) is 20.8. The highest BCUT2D eigenvalue weighted by atomic mass is 19.1. The van der Waals surface area contributed by atoms with Gasteiger partial charge in [-0.15, -0.1) is 0 Å². The second-order valence-corrected chi connectivity index (χ2v) is 8.00. The number of rotatable bonds is 4. The molecule has 8 heteroatoms. The molecule has 1 aliphatic rings. The van der Waals surface area contributed by atoms with Gasteiger partial charge in [-0.2, -0.15) is 0 Å². The van der Waals surface area contributed by atoms with Crippen LogP contribution >= 0.6 is 0 Å². The van der Waals surface area contributed by atoms with Crippen molar-refractivity contribution >= 4 is 33.6 Å². The van der Waals surface area contributed by atoms with Crippen LogP contribution in [0.1, 0.15) is 33.2 Å². The fraction of sp³-hybridized carbons (Fsp3) is 0.160. The second-order valence-electron chi connectivity index (χ2n) is 8.00. The summed E-state index contributed by atoms with van der Waals surface area (Å²) in [5.74, 6) is -2.30. The summed E-state index contributed by atoms with van der Waals surface area (Å²) in [4.78, 5) is 28.0. The summed E-state index contributed by atoms with van der Waals surface area (Å²) in [5, 5.41) is 21.4. The highest BCUT2D eigenvalue weighted by Gasteiger charge is 2.29. The first-order valence-electron chi connectivity index (χ1n) is 10.3. The number of primary amides is 1. The third-order valence-electron chi connectivity index (χ3n) is 6.16. The Bertz CT molecular complexity index is 1490. The molecule has 1 atom stereocenters. The highest BCUT2D eigenvalue weighted by Crippen LogP contribution is 2.44. The Labute approximate surface area is 187 Å². The number of benzene rings is 3. The number of aliphatic hydroxyl groups excluding tert-OH is 1. The largest absolute Gasteiger partial charge is 0.493 e. The lowest BCUT2D eigenvalue weighted by atomic mass is 9.85. The maximum Gasteiger partial charge on any atom is 0.337 e. The summed E-state index contributed by atoms with van der Waals surface area (Å²) >= 11 is 0. The minimum absolute atomic E-state index is 0.0363. The second kappa shape index (κ2) is 7.53. The number of aromatic nitrogens is 1. The molecule has 4 N–H and O–H groups in total. The Morgan fingerprint density at radius 3 is 2.70 bits per heavy atom. The number of carbonyl (C=O) groups excluding carboxylic acids is 1. The van der Waals surface area contributed by atoms with Gasteiger partial charge in [-0.1, -0.05) is 6.07 Å². The number of halogens is 1. The van der Waals surface area contributed by atoms with Gasteiger partial charge in [0.25, 0.3) is 0 Å². The van der Waals surface area contributed by atoms with Crippen LogP contribution in [-0.4, -0.2) is 33.7 Å². The molecule has 0 radical (unpaired) electrons. The molecule has 33 heavy (non-hydrogen) atoms. The van der Waals surface area contributed by atoms with Crippen LogP contribution in [0.15, 0.2) is 42.6 Å². The molecule has 0 aliphatic carbocycles. The van der Waals surface area contributed by atoms with E-state index in [1.54, 1.807) is 18.3 Å². The number of pyridine rings is 1. The number of ether oxygens (including phenoxy) is 1. The number of carbonyl (C=O) groups is 2. The SMILES string of the molecule is Cc1c(C(O)C(=O)O)c(-c2ccc3c4c(ccnc24)CCO3)c2ccc(C(N)=O)cc2c1F. The minimum atomic E-state index is -1.98. The molecule has 7 nitrogen and oxygen atoms in total. The molecule has 0 saturated carbocycles. The summed E-state index contributed by atoms with van der Waals surface area (Å²) in [7, 11) is 0. The van der Waals surface area contributed by atoms with Crippen LogP contribution in [0, 0.1) is 12.7 Å². The van der Waals surface area contributed by atoms with Crippen molar-refractivity contribution in [2.45, 2.75) is 19.4 Å². The van der Waals surface area contributed by atoms with E-state index in [1.165, 1.54) is 25.1 Å². The summed E-state index contributed by atoms with van der Waals surface area (Å²) in [5.41, 5.74) is 7.83. The molecule has 1 amide bonds. The maximum atomic E-state index is 15.4. The zero-order valence-electron chi connectivity index (χ0n) is 17.6. The lowest BCUT2D eigenvalue weighted by molar-refractivity contribution is -0.146. The lowest BCUT2D eigenvalue weighted by Gasteiger charge is -2.23. The molecule has 2 heterocycles. The van der Waals surface area contributed by atoms with E-state index < -0.39 is 23.8 Å². The maximum absolute atomic E-state index is 15.4. The van der Waals surface area contributed by atoms with Gasteiger partial charge in [-0.3, -0.25) is 9.78 Å². The quantitative estimate of drug-likeness (QED) is 0.440. The Morgan fingerprint density at radius 1 is 1.18 bits per heavy atom. The molecule has 3 aromatic carbocycles. The average molecular weight is 446 g/mol. The predicted molar refractivity (Wildman–Crippen MR) is 120 cm³/mol. The van der Waals surface area contributed by atoms with Crippen molar-refractivity contribution in [2.24, 2.45) is 5.73 Å². The average Bonchev–Trinajstić information content (AvgIpc) is 2.81. The summed E-state index contributed by atoms with van der Waals surface area (Å²) in [6.07, 6.45) is 0.371. The molecule has 4 aromatic rings. The zero-order chi connectivity index (χ0) is 23.4. The van der Waals surface area contributed by atoms with E-state index in [2.05, 4.69) is 4.98 Å². The van der Waals surface area contributed by atoms with Crippen LogP contribution in [0.25, 0.3) is 32.8 Å². The number of aliphatic carboxylic acids is 1. The normalized spacial score (nSPS) is 13.7. The van der Waals surface area contributed by atoms with Gasteiger partial charge in [-0.05, 0) is 59.3 Å². The van der Waals surface area contributed by atoms with Crippen LogP contribution < -0.4 is 10.5 Å². The molecule has 1 unspecified atom stereocenters. The van der Waals surface area contributed by atoms with Gasteiger partial charge in [0.05, 0.1) is 12.1 Å². The van der Waals surface area contributed by atoms with Gasteiger partial charge in [0.2, 0.25) is 5.91 Å². The van der Waals surface area contributed by atoms with E-state index >= 15 is 4.39 Å². The molecule has 1 aromatic heterocycles. The van der Waals surface area contributed by atoms with Crippen LogP contribution in [0.5, 0.6) is 5.75 Å². The number of carboxylic acids is 1. The highest BCUT2D eigenvalue weighted by molar-refractivity contribution is 6.10. The van der Waals surface area contributed by atoms with E-state index in [4.69, 9.17) is 10.5 Å². The summed E-state index contributed by atoms with van der Waals surface area (Å²) in [6.45, 7) is 1.93. The summed E-state index contributed by atoms with van der Waals surface area (Å²) in [6, 6.07) is 9.69. The third-order valence-corrected chi connectivity index (χ3v) is 6.16. The van der Waals surface area contributed by atoms with Crippen molar-refractivity contribution < 1.29 is 28.9 Å². The van der Waals surface area contributed by atoms with Gasteiger partial charge in [0, 0.05) is 40.1 Å². The fourth-order valence-electron chi connectivity index (χ4n) is 4.61. The topological polar surface area (TPSA) is 123 Å². The number of aliphatic hydroxyl groups is 1. The van der Waals surface area contributed by atoms with Crippen molar-refractivity contribution in [2.75, 3.05) is 6.61 Å². The van der Waals surface area contributed by atoms with Gasteiger partial charge in [-0.25, -0.2) is 9.18 Å². The molecular formula is C25H19FN2O5. The number of hydrogen-bond donors (Lipinski definition) is 3. The van der Waals surface area contributed by atoms with Gasteiger partial charge >= 0.3 is 5.97 Å². The smallest absolute Gasteiger partial charge is 0.337 e. The number of nitrogens with two attached hydrogens (primary N) is 1. The number of hydrogen-bond acceptors (Lipinski definition) is 5. The third kappa shape index (κ3) is 3.10. The molecule has 1 aliphatic heterocycles. The predicted octanol–water partition coefficient (Wildman–Crippen LogP) is 3.65. The number of amides is 1. The van der Waals surface area contributed by atoms with Gasteiger partial charge < -0.3 is 20.7 Å². The Balaban J connectivity index is 1.97. The number of nitrogens with zero attached hydrogens (tertiary/aromatic N) is 1. The van der Waals surface area contributed by atoms with Crippen LogP contribution in [0.2, 0.25) is 0 Å². The van der Waals surface area contributed by atoms with E-state index in [0.717, 1.165) is 10.9 Å². The first-order chi connectivity index (χ1) is 15.8. The molecule has 166 valence electrons. The molecule has 5 rings (SSSR count). The van der Waals surface area contributed by atoms with Crippen LogP contribution in [0.4, 0.5) is 4.39 Å². The number of fused-ring (bicyclic) bond motifs is 1. The van der Waals surface area contributed by atoms with Crippen LogP contribution in [-0.2, 0) is 11.2 Å². The van der Waals surface area contributed by atoms with Crippen molar-refractivity contribution in [3.63, 3.8) is 0 Å². The standard InChI is InChI=1S/C25H19FN2O5/c1-11-18(23(29)25(31)32)20(14-3-2-13(24(27)30)10-16(14)21(11)26)15-4-5-17-19-12(7-9-33-17)6-8-28-22(15)19/h2-6,8,10,23,29H,7,9H2,1H3,(H2,27,30)(H,31,32). The fourth-order valence-corrected chi connectivity index (χ4v) is 4.61. The van der Waals surface area contributed by atoms with Crippen molar-refractivity contribution in [1.82, 2.24) is 4.98 Å². The van der Waals surface area contributed by atoms with E-state index in [0.29, 0.717) is 40.8 Å². The van der Waals surface area contributed by atoms with Gasteiger partial charge in [0.15, 0.2) is 6.10 Å². The van der Waals surface area contributed by atoms with E-state index in [1.807, 2.05) is 6.07 Å². The molecule has 0 saturated heterocycles. The zero-order valence-corrected chi connectivity index (χ0v) is 17.6. The Hall–Kier alpha value is -4.04. The summed E-state index contributed by atoms with van der Waals surface area (Å²) < 4.78 is 21.2. The van der Waals surface area contributed by atoms with Gasteiger partial charge in [0.1, 0.15) is 11.6 Å². The Kier molecular flexibility index (Phi) is 4.75. The lowest BCUT2D eigenvalue weighted by Crippen LogP contribution is -2.16. The van der Waals surface area contributed by atoms with Crippen molar-refractivity contribution in [3.05, 3.63) is 70.7 Å². The van der Waals surface area contributed by atoms with E-state index in [9.17, 15) is 19.8 Å². The molecule has 0 fully saturated rings. The monoisotopic (exact) mass is 446 g/mol. The first-order valence-corrected chi connectivity index (χ1v) is 10.3. The van der Waals surface area contributed by atoms with Crippen molar-refractivity contribution in [1.29, 1.82) is 0 Å². The van der Waals surface area contributed by atoms with Crippen LogP contribution in [0.3, 0.4) is 0 Å². The van der Waals surface area contributed by atoms with Crippen molar-refractivity contribution in [3.8, 4) is 16.9 Å². The minimum Gasteiger partial charge on any atom is -0.493 e. The molecule has 0 spiro atoms. The molecular weight excluding hydrogens is 427 g/mol. The molecule has 0 bridgehead atoms.